The van der Waals surface area contributed by atoms with E-state index in [4.69, 9.17) is 11.6 Å². The fraction of sp³-hybridized carbons (Fsp3) is 0.167. The highest BCUT2D eigenvalue weighted by atomic mass is 35.5. The molecule has 0 aliphatic rings. The fourth-order valence-corrected chi connectivity index (χ4v) is 2.31. The largest absolute Gasteiger partial charge is 0.417 e. The van der Waals surface area contributed by atoms with E-state index >= 15 is 0 Å². The number of amides is 2. The van der Waals surface area contributed by atoms with Crippen LogP contribution in [0.25, 0.3) is 0 Å². The van der Waals surface area contributed by atoms with Crippen LogP contribution in [0.5, 0.6) is 0 Å². The number of carbonyl (C=O) groups is 2. The van der Waals surface area contributed by atoms with Crippen LogP contribution < -0.4 is 15.6 Å². The van der Waals surface area contributed by atoms with Crippen molar-refractivity contribution >= 4 is 41.0 Å². The third kappa shape index (κ3) is 5.71. The standard InChI is InChI=1S/C18H16ClF3N4O2/c1-26(2)13-6-3-11(4-7-13)10-23-25-17(28)16(27)24-12-5-8-15(19)14(9-12)18(20,21)22/h3-10H,1-2H3,(H,24,27)(H,25,28). The lowest BCUT2D eigenvalue weighted by molar-refractivity contribution is -0.137. The molecule has 6 nitrogen and oxygen atoms in total. The zero-order valence-electron chi connectivity index (χ0n) is 14.8. The van der Waals surface area contributed by atoms with Crippen LogP contribution in [0.15, 0.2) is 47.6 Å². The van der Waals surface area contributed by atoms with Gasteiger partial charge in [-0.05, 0) is 35.9 Å². The van der Waals surface area contributed by atoms with E-state index in [1.54, 1.807) is 12.1 Å². The number of hydrogen-bond donors (Lipinski definition) is 2. The summed E-state index contributed by atoms with van der Waals surface area (Å²) in [6.45, 7) is 0. The van der Waals surface area contributed by atoms with Crippen LogP contribution in [0, 0.1) is 0 Å². The molecule has 2 aromatic rings. The van der Waals surface area contributed by atoms with E-state index in [-0.39, 0.29) is 5.69 Å². The van der Waals surface area contributed by atoms with Crippen molar-refractivity contribution in [2.24, 2.45) is 5.10 Å². The average molecular weight is 413 g/mol. The summed E-state index contributed by atoms with van der Waals surface area (Å²) in [5.74, 6) is -2.31. The Hall–Kier alpha value is -3.07. The number of nitrogens with zero attached hydrogens (tertiary/aromatic N) is 2. The maximum absolute atomic E-state index is 12.8. The van der Waals surface area contributed by atoms with Gasteiger partial charge < -0.3 is 10.2 Å². The Bertz CT molecular complexity index is 897. The molecule has 0 saturated heterocycles. The molecular formula is C18H16ClF3N4O2. The van der Waals surface area contributed by atoms with Crippen molar-refractivity contribution < 1.29 is 22.8 Å². The Morgan fingerprint density at radius 1 is 1.07 bits per heavy atom. The van der Waals surface area contributed by atoms with Gasteiger partial charge in [0.05, 0.1) is 16.8 Å². The molecule has 0 aliphatic heterocycles. The minimum absolute atomic E-state index is 0.222. The molecule has 0 bridgehead atoms. The first-order chi connectivity index (χ1) is 13.1. The molecule has 2 N–H and O–H groups in total. The Balaban J connectivity index is 1.97. The Labute approximate surface area is 164 Å². The van der Waals surface area contributed by atoms with Crippen LogP contribution in [0.4, 0.5) is 24.5 Å². The third-order valence-electron chi connectivity index (χ3n) is 3.53. The topological polar surface area (TPSA) is 73.8 Å². The van der Waals surface area contributed by atoms with Gasteiger partial charge in [-0.1, -0.05) is 23.7 Å². The Morgan fingerprint density at radius 2 is 1.71 bits per heavy atom. The van der Waals surface area contributed by atoms with Gasteiger partial charge >= 0.3 is 18.0 Å². The highest BCUT2D eigenvalue weighted by Gasteiger charge is 2.33. The number of anilines is 2. The second-order valence-corrected chi connectivity index (χ2v) is 6.24. The molecule has 0 radical (unpaired) electrons. The Kier molecular flexibility index (Phi) is 6.63. The quantitative estimate of drug-likeness (QED) is 0.458. The predicted molar refractivity (Wildman–Crippen MR) is 102 cm³/mol. The van der Waals surface area contributed by atoms with Gasteiger partial charge in [-0.25, -0.2) is 5.43 Å². The Morgan fingerprint density at radius 3 is 2.29 bits per heavy atom. The van der Waals surface area contributed by atoms with E-state index in [1.165, 1.54) is 6.21 Å². The van der Waals surface area contributed by atoms with Crippen molar-refractivity contribution in [3.63, 3.8) is 0 Å². The zero-order valence-corrected chi connectivity index (χ0v) is 15.6. The number of rotatable bonds is 4. The lowest BCUT2D eigenvalue weighted by Gasteiger charge is -2.11. The summed E-state index contributed by atoms with van der Waals surface area (Å²) in [6.07, 6.45) is -3.36. The van der Waals surface area contributed by atoms with Crippen LogP contribution in [0.1, 0.15) is 11.1 Å². The van der Waals surface area contributed by atoms with E-state index in [9.17, 15) is 22.8 Å². The van der Waals surface area contributed by atoms with Crippen LogP contribution >= 0.6 is 11.6 Å². The maximum Gasteiger partial charge on any atom is 0.417 e. The summed E-state index contributed by atoms with van der Waals surface area (Å²) < 4.78 is 38.5. The number of carbonyl (C=O) groups excluding carboxylic acids is 2. The molecule has 2 amide bonds. The van der Waals surface area contributed by atoms with Crippen LogP contribution in [0.3, 0.4) is 0 Å². The van der Waals surface area contributed by atoms with Crippen molar-refractivity contribution in [2.75, 3.05) is 24.3 Å². The molecule has 0 fully saturated rings. The number of hydrogen-bond acceptors (Lipinski definition) is 4. The maximum atomic E-state index is 12.8. The SMILES string of the molecule is CN(C)c1ccc(C=NNC(=O)C(=O)Nc2ccc(Cl)c(C(F)(F)F)c2)cc1. The van der Waals surface area contributed by atoms with Crippen molar-refractivity contribution in [3.8, 4) is 0 Å². The van der Waals surface area contributed by atoms with Crippen molar-refractivity contribution in [1.82, 2.24) is 5.43 Å². The molecule has 10 heteroatoms. The first-order valence-corrected chi connectivity index (χ1v) is 8.24. The number of alkyl halides is 3. The second kappa shape index (κ2) is 8.75. The molecule has 0 heterocycles. The molecule has 0 aromatic heterocycles. The van der Waals surface area contributed by atoms with Gasteiger partial charge in [0.15, 0.2) is 0 Å². The number of benzene rings is 2. The zero-order chi connectivity index (χ0) is 20.9. The first kappa shape index (κ1) is 21.2. The minimum atomic E-state index is -4.69. The summed E-state index contributed by atoms with van der Waals surface area (Å²) in [5.41, 5.74) is 2.32. The van der Waals surface area contributed by atoms with Gasteiger partial charge in [0, 0.05) is 25.5 Å². The smallest absolute Gasteiger partial charge is 0.378 e. The van der Waals surface area contributed by atoms with Gasteiger partial charge in [0.25, 0.3) is 0 Å². The molecule has 2 rings (SSSR count). The molecule has 2 aromatic carbocycles. The number of hydrazone groups is 1. The highest BCUT2D eigenvalue weighted by molar-refractivity contribution is 6.39. The number of halogens is 4. The van der Waals surface area contributed by atoms with Gasteiger partial charge in [-0.3, -0.25) is 9.59 Å². The summed E-state index contributed by atoms with van der Waals surface area (Å²) in [6, 6.07) is 9.98. The molecular weight excluding hydrogens is 397 g/mol. The molecule has 28 heavy (non-hydrogen) atoms. The van der Waals surface area contributed by atoms with Crippen molar-refractivity contribution in [1.29, 1.82) is 0 Å². The summed E-state index contributed by atoms with van der Waals surface area (Å²) in [7, 11) is 3.78. The average Bonchev–Trinajstić information content (AvgIpc) is 2.62. The highest BCUT2D eigenvalue weighted by Crippen LogP contribution is 2.36. The van der Waals surface area contributed by atoms with E-state index in [0.29, 0.717) is 11.6 Å². The molecule has 0 aliphatic carbocycles. The summed E-state index contributed by atoms with van der Waals surface area (Å²) in [5, 5.41) is 5.20. The van der Waals surface area contributed by atoms with Crippen LogP contribution in [-0.2, 0) is 15.8 Å². The second-order valence-electron chi connectivity index (χ2n) is 5.83. The van der Waals surface area contributed by atoms with Crippen molar-refractivity contribution in [2.45, 2.75) is 6.18 Å². The lowest BCUT2D eigenvalue weighted by Crippen LogP contribution is -2.32. The normalized spacial score (nSPS) is 11.4. The predicted octanol–water partition coefficient (Wildman–Crippen LogP) is 3.51. The van der Waals surface area contributed by atoms with Gasteiger partial charge in [0.1, 0.15) is 0 Å². The minimum Gasteiger partial charge on any atom is -0.378 e. The molecule has 148 valence electrons. The van der Waals surface area contributed by atoms with Crippen LogP contribution in [0.2, 0.25) is 5.02 Å². The molecule has 0 unspecified atom stereocenters. The fourth-order valence-electron chi connectivity index (χ4n) is 2.08. The number of nitrogens with one attached hydrogen (secondary N) is 2. The molecule has 0 saturated carbocycles. The third-order valence-corrected chi connectivity index (χ3v) is 3.85. The first-order valence-electron chi connectivity index (χ1n) is 7.86. The van der Waals surface area contributed by atoms with E-state index in [2.05, 4.69) is 10.4 Å². The summed E-state index contributed by atoms with van der Waals surface area (Å²) in [4.78, 5) is 25.5. The summed E-state index contributed by atoms with van der Waals surface area (Å²) >= 11 is 5.50. The molecule has 0 atom stereocenters. The molecule has 0 spiro atoms. The van der Waals surface area contributed by atoms with Crippen molar-refractivity contribution in [3.05, 3.63) is 58.6 Å². The van der Waals surface area contributed by atoms with E-state index < -0.39 is 28.6 Å². The van der Waals surface area contributed by atoms with Crippen LogP contribution in [-0.4, -0.2) is 32.1 Å². The lowest BCUT2D eigenvalue weighted by atomic mass is 10.2. The van der Waals surface area contributed by atoms with Gasteiger partial charge in [-0.2, -0.15) is 18.3 Å². The van der Waals surface area contributed by atoms with E-state index in [0.717, 1.165) is 17.8 Å². The van der Waals surface area contributed by atoms with Gasteiger partial charge in [0.2, 0.25) is 0 Å². The monoisotopic (exact) mass is 412 g/mol. The van der Waals surface area contributed by atoms with E-state index in [1.807, 2.05) is 36.6 Å². The van der Waals surface area contributed by atoms with Gasteiger partial charge in [-0.15, -0.1) is 0 Å².